The van der Waals surface area contributed by atoms with E-state index in [1.54, 1.807) is 13.0 Å². The van der Waals surface area contributed by atoms with E-state index < -0.39 is 15.9 Å². The molecule has 0 bridgehead atoms. The van der Waals surface area contributed by atoms with E-state index in [-0.39, 0.29) is 26.2 Å². The van der Waals surface area contributed by atoms with E-state index in [0.29, 0.717) is 24.3 Å². The molecular weight excluding hydrogens is 421 g/mol. The lowest BCUT2D eigenvalue weighted by molar-refractivity contribution is 0.102. The highest BCUT2D eigenvalue weighted by Gasteiger charge is 2.27. The summed E-state index contributed by atoms with van der Waals surface area (Å²) >= 11 is 12.0. The van der Waals surface area contributed by atoms with Gasteiger partial charge in [-0.1, -0.05) is 35.7 Å². The van der Waals surface area contributed by atoms with E-state index in [0.717, 1.165) is 19.3 Å². The molecule has 0 saturated carbocycles. The van der Waals surface area contributed by atoms with Gasteiger partial charge >= 0.3 is 0 Å². The van der Waals surface area contributed by atoms with Crippen LogP contribution in [0.15, 0.2) is 35.2 Å². The normalized spacial score (nSPS) is 15.4. The second-order valence-corrected chi connectivity index (χ2v) is 9.50. The molecule has 3 rings (SSSR count). The molecule has 2 aromatic rings. The van der Waals surface area contributed by atoms with E-state index in [9.17, 15) is 13.2 Å². The standard InChI is InChI=1S/C19H21Cl2N3O3S/c1-12-5-6-14(28(26,27)24-7-3-2-4-8-24)11-15(12)19(25)23-13-9-16(20)18(22)17(21)10-13/h5-6,9-11H,2-4,7-8,22H2,1H3,(H,23,25). The predicted molar refractivity (Wildman–Crippen MR) is 113 cm³/mol. The number of carbonyl (C=O) groups excluding carboxylic acids is 1. The van der Waals surface area contributed by atoms with Crippen LogP contribution in [-0.2, 0) is 10.0 Å². The van der Waals surface area contributed by atoms with Crippen LogP contribution in [0, 0.1) is 6.92 Å². The Bertz CT molecular complexity index is 996. The molecule has 0 aromatic heterocycles. The summed E-state index contributed by atoms with van der Waals surface area (Å²) in [6, 6.07) is 7.56. The van der Waals surface area contributed by atoms with Crippen molar-refractivity contribution in [1.82, 2.24) is 4.31 Å². The molecule has 6 nitrogen and oxygen atoms in total. The smallest absolute Gasteiger partial charge is 0.255 e. The minimum Gasteiger partial charge on any atom is -0.396 e. The molecule has 2 aromatic carbocycles. The van der Waals surface area contributed by atoms with Crippen LogP contribution in [-0.4, -0.2) is 31.7 Å². The van der Waals surface area contributed by atoms with Crippen LogP contribution in [0.1, 0.15) is 35.2 Å². The Morgan fingerprint density at radius 1 is 1.07 bits per heavy atom. The molecule has 0 spiro atoms. The highest BCUT2D eigenvalue weighted by molar-refractivity contribution is 7.89. The first-order valence-corrected chi connectivity index (χ1v) is 11.1. The van der Waals surface area contributed by atoms with E-state index in [4.69, 9.17) is 28.9 Å². The highest BCUT2D eigenvalue weighted by Crippen LogP contribution is 2.31. The number of amides is 1. The van der Waals surface area contributed by atoms with E-state index in [1.807, 2.05) is 0 Å². The topological polar surface area (TPSA) is 92.5 Å². The van der Waals surface area contributed by atoms with E-state index in [1.165, 1.54) is 28.6 Å². The zero-order chi connectivity index (χ0) is 20.5. The van der Waals surface area contributed by atoms with Crippen molar-refractivity contribution in [2.45, 2.75) is 31.1 Å². The number of anilines is 2. The van der Waals surface area contributed by atoms with Gasteiger partial charge in [0.15, 0.2) is 0 Å². The number of nitrogens with two attached hydrogens (primary N) is 1. The Hall–Kier alpha value is -1.80. The summed E-state index contributed by atoms with van der Waals surface area (Å²) in [6.45, 7) is 2.75. The average molecular weight is 442 g/mol. The van der Waals surface area contributed by atoms with Gasteiger partial charge in [0.05, 0.1) is 20.6 Å². The molecule has 9 heteroatoms. The van der Waals surface area contributed by atoms with Crippen LogP contribution in [0.5, 0.6) is 0 Å². The van der Waals surface area contributed by atoms with Gasteiger partial charge in [-0.15, -0.1) is 0 Å². The Labute approximate surface area is 174 Å². The second kappa shape index (κ2) is 8.29. The molecule has 1 fully saturated rings. The summed E-state index contributed by atoms with van der Waals surface area (Å²) < 4.78 is 27.3. The molecule has 150 valence electrons. The maximum atomic E-state index is 12.9. The third-order valence-electron chi connectivity index (χ3n) is 4.74. The van der Waals surface area contributed by atoms with Crippen LogP contribution in [0.3, 0.4) is 0 Å². The lowest BCUT2D eigenvalue weighted by Gasteiger charge is -2.26. The zero-order valence-corrected chi connectivity index (χ0v) is 17.7. The number of nitrogens with zero attached hydrogens (tertiary/aromatic N) is 1. The summed E-state index contributed by atoms with van der Waals surface area (Å²) in [5, 5.41) is 3.14. The SMILES string of the molecule is Cc1ccc(S(=O)(=O)N2CCCCC2)cc1C(=O)Nc1cc(Cl)c(N)c(Cl)c1. The maximum Gasteiger partial charge on any atom is 0.255 e. The second-order valence-electron chi connectivity index (χ2n) is 6.75. The lowest BCUT2D eigenvalue weighted by atomic mass is 10.1. The van der Waals surface area contributed by atoms with Crippen molar-refractivity contribution in [3.8, 4) is 0 Å². The van der Waals surface area contributed by atoms with Gasteiger partial charge in [0.25, 0.3) is 5.91 Å². The predicted octanol–water partition coefficient (Wildman–Crippen LogP) is 4.31. The summed E-state index contributed by atoms with van der Waals surface area (Å²) in [5.74, 6) is -0.454. The Balaban J connectivity index is 1.90. The summed E-state index contributed by atoms with van der Waals surface area (Å²) in [7, 11) is -3.63. The van der Waals surface area contributed by atoms with Crippen LogP contribution < -0.4 is 11.1 Å². The summed E-state index contributed by atoms with van der Waals surface area (Å²) in [5.41, 5.74) is 7.23. The fraction of sp³-hybridized carbons (Fsp3) is 0.316. The van der Waals surface area contributed by atoms with Crippen molar-refractivity contribution < 1.29 is 13.2 Å². The van der Waals surface area contributed by atoms with Gasteiger partial charge < -0.3 is 11.1 Å². The number of rotatable bonds is 4. The van der Waals surface area contributed by atoms with E-state index in [2.05, 4.69) is 5.32 Å². The number of halogens is 2. The van der Waals surface area contributed by atoms with Gasteiger partial charge in [-0.25, -0.2) is 8.42 Å². The molecule has 0 aliphatic carbocycles. The minimum absolute atomic E-state index is 0.110. The fourth-order valence-corrected chi connectivity index (χ4v) is 5.15. The number of nitrogens with one attached hydrogen (secondary N) is 1. The van der Waals surface area contributed by atoms with Crippen LogP contribution >= 0.6 is 23.2 Å². The van der Waals surface area contributed by atoms with Crippen molar-refractivity contribution in [3.05, 3.63) is 51.5 Å². The van der Waals surface area contributed by atoms with Crippen molar-refractivity contribution >= 4 is 50.5 Å². The molecule has 0 unspecified atom stereocenters. The number of carbonyl (C=O) groups is 1. The maximum absolute atomic E-state index is 12.9. The Kier molecular flexibility index (Phi) is 6.19. The van der Waals surface area contributed by atoms with Crippen molar-refractivity contribution in [2.24, 2.45) is 0 Å². The highest BCUT2D eigenvalue weighted by atomic mass is 35.5. The molecule has 3 N–H and O–H groups in total. The number of benzene rings is 2. The van der Waals surface area contributed by atoms with Crippen LogP contribution in [0.4, 0.5) is 11.4 Å². The molecule has 1 saturated heterocycles. The number of aryl methyl sites for hydroxylation is 1. The number of hydrogen-bond donors (Lipinski definition) is 2. The van der Waals surface area contributed by atoms with Crippen LogP contribution in [0.2, 0.25) is 10.0 Å². The quantitative estimate of drug-likeness (QED) is 0.691. The molecule has 0 radical (unpaired) electrons. The van der Waals surface area contributed by atoms with Crippen molar-refractivity contribution in [3.63, 3.8) is 0 Å². The van der Waals surface area contributed by atoms with Crippen molar-refractivity contribution in [1.29, 1.82) is 0 Å². The van der Waals surface area contributed by atoms with Gasteiger partial charge in [-0.2, -0.15) is 4.31 Å². The number of piperidine rings is 1. The first kappa shape index (κ1) is 20.9. The van der Waals surface area contributed by atoms with Gasteiger partial charge in [0.2, 0.25) is 10.0 Å². The summed E-state index contributed by atoms with van der Waals surface area (Å²) in [4.78, 5) is 12.9. The first-order valence-electron chi connectivity index (χ1n) is 8.87. The lowest BCUT2D eigenvalue weighted by Crippen LogP contribution is -2.35. The molecule has 1 aliphatic heterocycles. The molecule has 1 heterocycles. The number of hydrogen-bond acceptors (Lipinski definition) is 4. The van der Waals surface area contributed by atoms with Gasteiger partial charge in [-0.05, 0) is 49.6 Å². The Morgan fingerprint density at radius 3 is 2.29 bits per heavy atom. The molecule has 28 heavy (non-hydrogen) atoms. The molecule has 1 aliphatic rings. The molecular formula is C19H21Cl2N3O3S. The monoisotopic (exact) mass is 441 g/mol. The molecule has 0 atom stereocenters. The number of nitrogen functional groups attached to an aromatic ring is 1. The largest absolute Gasteiger partial charge is 0.396 e. The summed E-state index contributed by atoms with van der Waals surface area (Å²) in [6.07, 6.45) is 2.72. The fourth-order valence-electron chi connectivity index (χ4n) is 3.12. The first-order chi connectivity index (χ1) is 13.2. The van der Waals surface area contributed by atoms with Gasteiger partial charge in [0.1, 0.15) is 0 Å². The van der Waals surface area contributed by atoms with Gasteiger partial charge in [0, 0.05) is 24.3 Å². The van der Waals surface area contributed by atoms with Crippen LogP contribution in [0.25, 0.3) is 0 Å². The third-order valence-corrected chi connectivity index (χ3v) is 7.26. The van der Waals surface area contributed by atoms with Gasteiger partial charge in [-0.3, -0.25) is 4.79 Å². The number of sulfonamides is 1. The minimum atomic E-state index is -3.63. The zero-order valence-electron chi connectivity index (χ0n) is 15.3. The van der Waals surface area contributed by atoms with E-state index >= 15 is 0 Å². The Morgan fingerprint density at radius 2 is 1.68 bits per heavy atom. The van der Waals surface area contributed by atoms with Crippen molar-refractivity contribution in [2.75, 3.05) is 24.1 Å². The third kappa shape index (κ3) is 4.27. The average Bonchev–Trinajstić information content (AvgIpc) is 2.66. The molecule has 1 amide bonds.